The summed E-state index contributed by atoms with van der Waals surface area (Å²) < 4.78 is 18.1. The van der Waals surface area contributed by atoms with Crippen LogP contribution in [0.3, 0.4) is 0 Å². The standard InChI is InChI=1S/C19H27NO3/c1-3-7-14(8-4-1)11-21-17-13-23-18-16(12-22-19(17)18)20-15-9-5-2-6-10-15/h1,3-4,7-8,15-20H,2,5-6,9-13H2/t16-,17+,18-,19-/m1/s1. The molecule has 1 aromatic rings. The van der Waals surface area contributed by atoms with Gasteiger partial charge in [0.15, 0.2) is 0 Å². The van der Waals surface area contributed by atoms with Crippen LogP contribution in [0.5, 0.6) is 0 Å². The van der Waals surface area contributed by atoms with E-state index in [0.717, 1.165) is 6.61 Å². The van der Waals surface area contributed by atoms with Crippen molar-refractivity contribution in [2.24, 2.45) is 0 Å². The minimum Gasteiger partial charge on any atom is -0.371 e. The maximum absolute atomic E-state index is 6.06. The van der Waals surface area contributed by atoms with E-state index in [9.17, 15) is 0 Å². The van der Waals surface area contributed by atoms with Crippen LogP contribution in [-0.2, 0) is 20.8 Å². The monoisotopic (exact) mass is 317 g/mol. The fraction of sp³-hybridized carbons (Fsp3) is 0.684. The highest BCUT2D eigenvalue weighted by molar-refractivity contribution is 5.13. The molecule has 4 heteroatoms. The molecule has 0 amide bonds. The summed E-state index contributed by atoms with van der Waals surface area (Å²) in [7, 11) is 0. The smallest absolute Gasteiger partial charge is 0.114 e. The average molecular weight is 317 g/mol. The SMILES string of the molecule is c1ccc(CO[C@H]2CO[C@H]3[C@@H]2OC[C@H]3NC2CCCCC2)cc1. The number of hydrogen-bond acceptors (Lipinski definition) is 4. The highest BCUT2D eigenvalue weighted by Gasteiger charge is 2.48. The van der Waals surface area contributed by atoms with Gasteiger partial charge >= 0.3 is 0 Å². The van der Waals surface area contributed by atoms with Gasteiger partial charge in [-0.1, -0.05) is 49.6 Å². The van der Waals surface area contributed by atoms with Gasteiger partial charge in [0.25, 0.3) is 0 Å². The summed E-state index contributed by atoms with van der Waals surface area (Å²) in [6.45, 7) is 2.02. The molecule has 1 N–H and O–H groups in total. The first-order chi connectivity index (χ1) is 11.4. The van der Waals surface area contributed by atoms with E-state index in [4.69, 9.17) is 14.2 Å². The predicted molar refractivity (Wildman–Crippen MR) is 88.3 cm³/mol. The predicted octanol–water partition coefficient (Wildman–Crippen LogP) is 2.66. The van der Waals surface area contributed by atoms with Crippen LogP contribution < -0.4 is 5.32 Å². The average Bonchev–Trinajstić information content (AvgIpc) is 3.18. The highest BCUT2D eigenvalue weighted by atomic mass is 16.6. The molecule has 0 spiro atoms. The first kappa shape index (κ1) is 15.6. The molecule has 126 valence electrons. The third-order valence-electron chi connectivity index (χ3n) is 5.37. The molecule has 1 aliphatic carbocycles. The molecule has 0 aromatic heterocycles. The Labute approximate surface area is 138 Å². The lowest BCUT2D eigenvalue weighted by molar-refractivity contribution is -0.0394. The number of ether oxygens (including phenoxy) is 3. The normalized spacial score (nSPS) is 34.6. The second kappa shape index (κ2) is 7.31. The maximum Gasteiger partial charge on any atom is 0.114 e. The van der Waals surface area contributed by atoms with E-state index in [1.54, 1.807) is 0 Å². The molecular weight excluding hydrogens is 290 g/mol. The molecular formula is C19H27NO3. The minimum atomic E-state index is 0.0540. The zero-order valence-electron chi connectivity index (χ0n) is 13.7. The van der Waals surface area contributed by atoms with Gasteiger partial charge < -0.3 is 19.5 Å². The fourth-order valence-corrected chi connectivity index (χ4v) is 4.10. The molecule has 0 unspecified atom stereocenters. The quantitative estimate of drug-likeness (QED) is 0.906. The summed E-state index contributed by atoms with van der Waals surface area (Å²) in [5.41, 5.74) is 1.20. The molecule has 2 heterocycles. The Morgan fingerprint density at radius 3 is 2.57 bits per heavy atom. The molecule has 2 saturated heterocycles. The van der Waals surface area contributed by atoms with Gasteiger partial charge in [-0.3, -0.25) is 0 Å². The molecule has 4 atom stereocenters. The van der Waals surface area contributed by atoms with E-state index in [1.165, 1.54) is 37.7 Å². The molecule has 1 saturated carbocycles. The van der Waals surface area contributed by atoms with Crippen LogP contribution in [-0.4, -0.2) is 43.6 Å². The van der Waals surface area contributed by atoms with Crippen molar-refractivity contribution >= 4 is 0 Å². The van der Waals surface area contributed by atoms with Crippen LogP contribution in [0.1, 0.15) is 37.7 Å². The van der Waals surface area contributed by atoms with E-state index in [0.29, 0.717) is 25.3 Å². The number of fused-ring (bicyclic) bond motifs is 1. The Morgan fingerprint density at radius 2 is 1.74 bits per heavy atom. The van der Waals surface area contributed by atoms with Crippen molar-refractivity contribution in [3.63, 3.8) is 0 Å². The maximum atomic E-state index is 6.06. The molecule has 23 heavy (non-hydrogen) atoms. The summed E-state index contributed by atoms with van der Waals surface area (Å²) in [5.74, 6) is 0. The molecule has 3 aliphatic rings. The third kappa shape index (κ3) is 3.61. The van der Waals surface area contributed by atoms with Crippen LogP contribution >= 0.6 is 0 Å². The Kier molecular flexibility index (Phi) is 4.95. The molecule has 1 aromatic carbocycles. The fourth-order valence-electron chi connectivity index (χ4n) is 4.10. The Morgan fingerprint density at radius 1 is 0.957 bits per heavy atom. The van der Waals surface area contributed by atoms with Crippen molar-refractivity contribution in [1.29, 1.82) is 0 Å². The first-order valence-corrected chi connectivity index (χ1v) is 9.05. The van der Waals surface area contributed by atoms with Gasteiger partial charge in [0.2, 0.25) is 0 Å². The second-order valence-corrected chi connectivity index (χ2v) is 7.04. The Hall–Kier alpha value is -0.940. The third-order valence-corrected chi connectivity index (χ3v) is 5.37. The van der Waals surface area contributed by atoms with Crippen molar-refractivity contribution in [2.45, 2.75) is 69.1 Å². The number of rotatable bonds is 5. The molecule has 2 aliphatic heterocycles. The minimum absolute atomic E-state index is 0.0540. The van der Waals surface area contributed by atoms with Gasteiger partial charge in [-0.2, -0.15) is 0 Å². The highest BCUT2D eigenvalue weighted by Crippen LogP contribution is 2.30. The van der Waals surface area contributed by atoms with Crippen molar-refractivity contribution in [3.8, 4) is 0 Å². The van der Waals surface area contributed by atoms with Gasteiger partial charge in [0, 0.05) is 6.04 Å². The summed E-state index contributed by atoms with van der Waals surface area (Å²) in [5, 5.41) is 3.78. The van der Waals surface area contributed by atoms with E-state index < -0.39 is 0 Å². The zero-order chi connectivity index (χ0) is 15.5. The van der Waals surface area contributed by atoms with Gasteiger partial charge in [0.1, 0.15) is 18.3 Å². The number of hydrogen-bond donors (Lipinski definition) is 1. The molecule has 0 radical (unpaired) electrons. The van der Waals surface area contributed by atoms with E-state index in [-0.39, 0.29) is 18.3 Å². The van der Waals surface area contributed by atoms with E-state index in [2.05, 4.69) is 17.4 Å². The summed E-state index contributed by atoms with van der Waals surface area (Å²) in [6, 6.07) is 11.3. The number of nitrogens with one attached hydrogen (secondary N) is 1. The summed E-state index contributed by atoms with van der Waals surface area (Å²) in [6.07, 6.45) is 6.96. The molecule has 0 bridgehead atoms. The van der Waals surface area contributed by atoms with Crippen molar-refractivity contribution in [2.75, 3.05) is 13.2 Å². The van der Waals surface area contributed by atoms with Gasteiger partial charge in [-0.15, -0.1) is 0 Å². The van der Waals surface area contributed by atoms with Crippen LogP contribution in [0.15, 0.2) is 30.3 Å². The Bertz CT molecular complexity index is 489. The van der Waals surface area contributed by atoms with E-state index in [1.807, 2.05) is 18.2 Å². The van der Waals surface area contributed by atoms with Crippen molar-refractivity contribution in [3.05, 3.63) is 35.9 Å². The molecule has 4 nitrogen and oxygen atoms in total. The van der Waals surface area contributed by atoms with Crippen LogP contribution in [0, 0.1) is 0 Å². The van der Waals surface area contributed by atoms with Crippen LogP contribution in [0.25, 0.3) is 0 Å². The molecule has 3 fully saturated rings. The lowest BCUT2D eigenvalue weighted by atomic mass is 9.94. The lowest BCUT2D eigenvalue weighted by Crippen LogP contribution is -2.47. The van der Waals surface area contributed by atoms with Crippen LogP contribution in [0.4, 0.5) is 0 Å². The van der Waals surface area contributed by atoms with Gasteiger partial charge in [-0.05, 0) is 18.4 Å². The van der Waals surface area contributed by atoms with Crippen LogP contribution in [0.2, 0.25) is 0 Å². The van der Waals surface area contributed by atoms with E-state index >= 15 is 0 Å². The lowest BCUT2D eigenvalue weighted by Gasteiger charge is -2.27. The Balaban J connectivity index is 1.29. The number of benzene rings is 1. The largest absolute Gasteiger partial charge is 0.371 e. The second-order valence-electron chi connectivity index (χ2n) is 7.04. The van der Waals surface area contributed by atoms with Gasteiger partial charge in [0.05, 0.1) is 25.9 Å². The topological polar surface area (TPSA) is 39.7 Å². The van der Waals surface area contributed by atoms with Crippen molar-refractivity contribution in [1.82, 2.24) is 5.32 Å². The zero-order valence-corrected chi connectivity index (χ0v) is 13.7. The first-order valence-electron chi connectivity index (χ1n) is 9.05. The summed E-state index contributed by atoms with van der Waals surface area (Å²) in [4.78, 5) is 0. The molecule has 4 rings (SSSR count). The summed E-state index contributed by atoms with van der Waals surface area (Å²) >= 11 is 0. The van der Waals surface area contributed by atoms with Gasteiger partial charge in [-0.25, -0.2) is 0 Å². The van der Waals surface area contributed by atoms with Crippen molar-refractivity contribution < 1.29 is 14.2 Å².